The molecule has 2 unspecified atom stereocenters. The second-order valence-corrected chi connectivity index (χ2v) is 10.9. The lowest BCUT2D eigenvalue weighted by molar-refractivity contribution is -0.131. The van der Waals surface area contributed by atoms with Crippen LogP contribution in [0.5, 0.6) is 0 Å². The van der Waals surface area contributed by atoms with E-state index in [1.54, 1.807) is 0 Å². The number of hydrogen-bond donors (Lipinski definition) is 0. The van der Waals surface area contributed by atoms with Gasteiger partial charge in [-0.1, -0.05) is 17.5 Å². The van der Waals surface area contributed by atoms with Crippen LogP contribution in [-0.2, 0) is 17.8 Å². The number of aromatic nitrogens is 1. The summed E-state index contributed by atoms with van der Waals surface area (Å²) >= 11 is 6.36. The maximum absolute atomic E-state index is 12.8. The molecule has 5 rings (SSSR count). The molecular formula is C22H28ClN3OS. The SMILES string of the molecule is C=S1CCN(C(=O)CCn2c3c(c4cc(Cl)ccc42)C2CCC(C3)N2C)CC1. The largest absolute Gasteiger partial charge is 0.344 e. The molecule has 0 saturated carbocycles. The second-order valence-electron chi connectivity index (χ2n) is 8.44. The van der Waals surface area contributed by atoms with Crippen molar-refractivity contribution in [3.05, 3.63) is 34.5 Å². The average Bonchev–Trinajstić information content (AvgIpc) is 3.10. The number of nitrogens with zero attached hydrogens (tertiary/aromatic N) is 3. The van der Waals surface area contributed by atoms with Crippen molar-refractivity contribution < 1.29 is 4.79 Å². The first-order valence-electron chi connectivity index (χ1n) is 10.3. The predicted octanol–water partition coefficient (Wildman–Crippen LogP) is 3.92. The third kappa shape index (κ3) is 3.03. The van der Waals surface area contributed by atoms with Gasteiger partial charge < -0.3 is 9.47 Å². The molecule has 3 aliphatic heterocycles. The Morgan fingerprint density at radius 3 is 2.86 bits per heavy atom. The summed E-state index contributed by atoms with van der Waals surface area (Å²) in [6.07, 6.45) is 4.14. The fraction of sp³-hybridized carbons (Fsp3) is 0.545. The fourth-order valence-electron chi connectivity index (χ4n) is 5.39. The van der Waals surface area contributed by atoms with Gasteiger partial charge in [0.15, 0.2) is 0 Å². The zero-order valence-corrected chi connectivity index (χ0v) is 18.1. The van der Waals surface area contributed by atoms with Gasteiger partial charge in [-0.2, -0.15) is 10.5 Å². The van der Waals surface area contributed by atoms with Crippen molar-refractivity contribution in [1.82, 2.24) is 14.4 Å². The van der Waals surface area contributed by atoms with E-state index in [1.807, 2.05) is 11.0 Å². The number of rotatable bonds is 3. The van der Waals surface area contributed by atoms with E-state index in [4.69, 9.17) is 11.6 Å². The van der Waals surface area contributed by atoms with E-state index in [-0.39, 0.29) is 16.4 Å². The first kappa shape index (κ1) is 18.7. The van der Waals surface area contributed by atoms with E-state index < -0.39 is 0 Å². The van der Waals surface area contributed by atoms with Crippen LogP contribution in [0.1, 0.15) is 36.6 Å². The number of likely N-dealkylation sites (N-methyl/N-ethyl adjacent to an activating group) is 1. The Morgan fingerprint density at radius 1 is 1.29 bits per heavy atom. The van der Waals surface area contributed by atoms with Crippen LogP contribution in [0.4, 0.5) is 0 Å². The summed E-state index contributed by atoms with van der Waals surface area (Å²) in [6, 6.07) is 7.37. The van der Waals surface area contributed by atoms with Gasteiger partial charge in [0.25, 0.3) is 0 Å². The van der Waals surface area contributed by atoms with Crippen LogP contribution in [-0.4, -0.2) is 63.8 Å². The third-order valence-corrected chi connectivity index (χ3v) is 8.74. The first-order valence-corrected chi connectivity index (χ1v) is 12.4. The molecule has 0 aliphatic carbocycles. The number of carbonyl (C=O) groups is 1. The van der Waals surface area contributed by atoms with Crippen molar-refractivity contribution in [3.8, 4) is 0 Å². The Labute approximate surface area is 174 Å². The van der Waals surface area contributed by atoms with Crippen molar-refractivity contribution in [1.29, 1.82) is 0 Å². The summed E-state index contributed by atoms with van der Waals surface area (Å²) in [4.78, 5) is 17.4. The normalized spacial score (nSPS) is 25.4. The maximum Gasteiger partial charge on any atom is 0.224 e. The predicted molar refractivity (Wildman–Crippen MR) is 120 cm³/mol. The van der Waals surface area contributed by atoms with E-state index in [1.165, 1.54) is 35.0 Å². The molecule has 2 atom stereocenters. The molecule has 2 fully saturated rings. The van der Waals surface area contributed by atoms with E-state index in [0.29, 0.717) is 18.5 Å². The molecule has 3 aliphatic rings. The first-order chi connectivity index (χ1) is 13.5. The van der Waals surface area contributed by atoms with Gasteiger partial charge in [-0.3, -0.25) is 9.69 Å². The van der Waals surface area contributed by atoms with Crippen LogP contribution < -0.4 is 0 Å². The zero-order chi connectivity index (χ0) is 19.4. The standard InChI is InChI=1S/C22H28ClN3OS/c1-24-16-4-6-19(24)22-17-13-15(23)3-5-18(17)26(20(22)14-16)8-7-21(27)25-9-11-28(2)12-10-25/h3,5,13,16,19H,2,4,6-12,14H2,1H3. The smallest absolute Gasteiger partial charge is 0.224 e. The van der Waals surface area contributed by atoms with Crippen LogP contribution >= 0.6 is 22.1 Å². The maximum atomic E-state index is 12.8. The van der Waals surface area contributed by atoms with E-state index >= 15 is 0 Å². The van der Waals surface area contributed by atoms with Gasteiger partial charge in [0.2, 0.25) is 5.91 Å². The Kier molecular flexibility index (Phi) is 4.80. The minimum absolute atomic E-state index is 0.246. The minimum Gasteiger partial charge on any atom is -0.344 e. The zero-order valence-electron chi connectivity index (χ0n) is 16.5. The van der Waals surface area contributed by atoms with Gasteiger partial charge in [-0.05, 0) is 43.7 Å². The summed E-state index contributed by atoms with van der Waals surface area (Å²) < 4.78 is 2.42. The van der Waals surface area contributed by atoms with Crippen LogP contribution in [0.3, 0.4) is 0 Å². The highest BCUT2D eigenvalue weighted by Gasteiger charge is 2.40. The molecule has 2 bridgehead atoms. The van der Waals surface area contributed by atoms with Crippen LogP contribution in [0.15, 0.2) is 18.2 Å². The molecule has 6 heteroatoms. The average molecular weight is 418 g/mol. The highest BCUT2D eigenvalue weighted by Crippen LogP contribution is 2.47. The van der Waals surface area contributed by atoms with Crippen molar-refractivity contribution in [3.63, 3.8) is 0 Å². The Bertz CT molecular complexity index is 958. The molecule has 28 heavy (non-hydrogen) atoms. The summed E-state index contributed by atoms with van der Waals surface area (Å²) in [6.45, 7) is 2.52. The Morgan fingerprint density at radius 2 is 2.07 bits per heavy atom. The minimum atomic E-state index is 0.246. The lowest BCUT2D eigenvalue weighted by Gasteiger charge is -2.32. The summed E-state index contributed by atoms with van der Waals surface area (Å²) in [5.41, 5.74) is 4.13. The lowest BCUT2D eigenvalue weighted by Crippen LogP contribution is -2.39. The molecule has 4 heterocycles. The topological polar surface area (TPSA) is 28.5 Å². The quantitative estimate of drug-likeness (QED) is 0.708. The van der Waals surface area contributed by atoms with Crippen molar-refractivity contribution in [2.45, 2.75) is 44.3 Å². The Hall–Kier alpha value is -1.30. The molecule has 1 aromatic carbocycles. The summed E-state index contributed by atoms with van der Waals surface area (Å²) in [7, 11) is 2.50. The molecule has 1 amide bonds. The highest BCUT2D eigenvalue weighted by atomic mass is 35.5. The molecule has 2 aromatic rings. The number of amides is 1. The van der Waals surface area contributed by atoms with Gasteiger partial charge in [0.1, 0.15) is 0 Å². The fourth-order valence-corrected chi connectivity index (χ4v) is 6.72. The molecule has 150 valence electrons. The molecule has 4 nitrogen and oxygen atoms in total. The number of aryl methyl sites for hydroxylation is 1. The van der Waals surface area contributed by atoms with Crippen molar-refractivity contribution >= 4 is 44.8 Å². The summed E-state index contributed by atoms with van der Waals surface area (Å²) in [5.74, 6) is 6.57. The van der Waals surface area contributed by atoms with Gasteiger partial charge in [0, 0.05) is 77.7 Å². The van der Waals surface area contributed by atoms with E-state index in [9.17, 15) is 4.79 Å². The van der Waals surface area contributed by atoms with Crippen molar-refractivity contribution in [2.24, 2.45) is 0 Å². The van der Waals surface area contributed by atoms with Crippen LogP contribution in [0, 0.1) is 0 Å². The van der Waals surface area contributed by atoms with Crippen molar-refractivity contribution in [2.75, 3.05) is 31.6 Å². The molecule has 0 spiro atoms. The number of benzene rings is 1. The highest BCUT2D eigenvalue weighted by molar-refractivity contribution is 8.14. The molecular weight excluding hydrogens is 390 g/mol. The van der Waals surface area contributed by atoms with E-state index in [0.717, 1.165) is 42.6 Å². The third-order valence-electron chi connectivity index (χ3n) is 6.98. The van der Waals surface area contributed by atoms with Gasteiger partial charge in [-0.25, -0.2) is 0 Å². The number of halogens is 1. The van der Waals surface area contributed by atoms with E-state index in [2.05, 4.69) is 34.5 Å². The second kappa shape index (κ2) is 7.19. The Balaban J connectivity index is 1.46. The molecule has 1 aromatic heterocycles. The van der Waals surface area contributed by atoms with Gasteiger partial charge in [-0.15, -0.1) is 0 Å². The number of fused-ring (bicyclic) bond motifs is 6. The van der Waals surface area contributed by atoms with Gasteiger partial charge in [0.05, 0.1) is 0 Å². The monoisotopic (exact) mass is 417 g/mol. The van der Waals surface area contributed by atoms with Gasteiger partial charge >= 0.3 is 0 Å². The molecule has 2 saturated heterocycles. The number of hydrogen-bond acceptors (Lipinski definition) is 2. The molecule has 0 N–H and O–H groups in total. The number of carbonyl (C=O) groups excluding carboxylic acids is 1. The molecule has 0 radical (unpaired) electrons. The van der Waals surface area contributed by atoms with Crippen LogP contribution in [0.2, 0.25) is 5.02 Å². The van der Waals surface area contributed by atoms with Crippen LogP contribution in [0.25, 0.3) is 10.9 Å². The summed E-state index contributed by atoms with van der Waals surface area (Å²) in [5, 5.41) is 2.08. The lowest BCUT2D eigenvalue weighted by atomic mass is 9.97.